The minimum absolute atomic E-state index is 0.170. The number of ether oxygens (including phenoxy) is 2. The van der Waals surface area contributed by atoms with Gasteiger partial charge >= 0.3 is 0 Å². The monoisotopic (exact) mass is 409 g/mol. The van der Waals surface area contributed by atoms with E-state index in [4.69, 9.17) is 9.47 Å². The Labute approximate surface area is 173 Å². The maximum absolute atomic E-state index is 12.6. The molecule has 7 heteroatoms. The highest BCUT2D eigenvalue weighted by atomic mass is 32.1. The number of hydrogen-bond donors (Lipinski definition) is 1. The molecule has 1 N–H and O–H groups in total. The summed E-state index contributed by atoms with van der Waals surface area (Å²) >= 11 is 1.52. The van der Waals surface area contributed by atoms with Gasteiger partial charge in [0.1, 0.15) is 5.01 Å². The van der Waals surface area contributed by atoms with Crippen LogP contribution in [0.15, 0.2) is 48.1 Å². The highest BCUT2D eigenvalue weighted by Crippen LogP contribution is 2.32. The van der Waals surface area contributed by atoms with Gasteiger partial charge in [-0.15, -0.1) is 11.3 Å². The number of rotatable bonds is 7. The average Bonchev–Trinajstić information content (AvgIpc) is 3.45. The number of benzene rings is 1. The molecule has 1 saturated carbocycles. The third-order valence-corrected chi connectivity index (χ3v) is 5.80. The van der Waals surface area contributed by atoms with E-state index in [0.717, 1.165) is 29.1 Å². The van der Waals surface area contributed by atoms with E-state index in [-0.39, 0.29) is 12.0 Å². The number of nitrogens with zero attached hydrogens (tertiary/aromatic N) is 2. The Morgan fingerprint density at radius 2 is 1.97 bits per heavy atom. The molecular formula is C22H23N3O3S. The Hall–Kier alpha value is -2.93. The molecule has 0 saturated heterocycles. The molecule has 1 fully saturated rings. The lowest BCUT2D eigenvalue weighted by Crippen LogP contribution is -2.22. The molecular weight excluding hydrogens is 386 g/mol. The lowest BCUT2D eigenvalue weighted by molar-refractivity contribution is 0.0950. The van der Waals surface area contributed by atoms with E-state index in [1.54, 1.807) is 31.6 Å². The molecule has 0 radical (unpaired) electrons. The van der Waals surface area contributed by atoms with Crippen LogP contribution in [0.2, 0.25) is 0 Å². The van der Waals surface area contributed by atoms with Crippen LogP contribution in [0.3, 0.4) is 0 Å². The number of pyridine rings is 1. The van der Waals surface area contributed by atoms with E-state index in [9.17, 15) is 4.79 Å². The fourth-order valence-corrected chi connectivity index (χ4v) is 4.14. The fourth-order valence-electron chi connectivity index (χ4n) is 3.40. The van der Waals surface area contributed by atoms with Gasteiger partial charge in [0.15, 0.2) is 11.5 Å². The van der Waals surface area contributed by atoms with Crippen molar-refractivity contribution in [3.05, 3.63) is 58.7 Å². The Kier molecular flexibility index (Phi) is 6.05. The van der Waals surface area contributed by atoms with Crippen LogP contribution in [0.1, 0.15) is 41.0 Å². The van der Waals surface area contributed by atoms with E-state index in [0.29, 0.717) is 23.6 Å². The minimum atomic E-state index is -0.170. The summed E-state index contributed by atoms with van der Waals surface area (Å²) in [6, 6.07) is 9.14. The number of carbonyl (C=O) groups is 1. The highest BCUT2D eigenvalue weighted by Gasteiger charge is 2.19. The Balaban J connectivity index is 1.39. The van der Waals surface area contributed by atoms with Gasteiger partial charge in [0.05, 0.1) is 25.5 Å². The van der Waals surface area contributed by atoms with Gasteiger partial charge in [-0.05, 0) is 56.0 Å². The molecule has 0 bridgehead atoms. The van der Waals surface area contributed by atoms with Crippen LogP contribution in [-0.4, -0.2) is 29.1 Å². The second-order valence-electron chi connectivity index (χ2n) is 6.94. The van der Waals surface area contributed by atoms with Crippen molar-refractivity contribution in [2.45, 2.75) is 38.3 Å². The van der Waals surface area contributed by atoms with Gasteiger partial charge < -0.3 is 14.8 Å². The van der Waals surface area contributed by atoms with Crippen LogP contribution >= 0.6 is 11.3 Å². The number of nitrogens with one attached hydrogen (secondary N) is 1. The third kappa shape index (κ3) is 4.74. The van der Waals surface area contributed by atoms with Crippen LogP contribution in [0, 0.1) is 0 Å². The number of amides is 1. The molecule has 1 aliphatic carbocycles. The normalized spacial score (nSPS) is 14.0. The van der Waals surface area contributed by atoms with Gasteiger partial charge in [0.25, 0.3) is 5.91 Å². The molecule has 0 atom stereocenters. The van der Waals surface area contributed by atoms with Gasteiger partial charge in [0.2, 0.25) is 0 Å². The number of carbonyl (C=O) groups excluding carboxylic acids is 1. The van der Waals surface area contributed by atoms with Gasteiger partial charge in [-0.2, -0.15) is 0 Å². The zero-order chi connectivity index (χ0) is 20.1. The van der Waals surface area contributed by atoms with E-state index >= 15 is 0 Å². The zero-order valence-electron chi connectivity index (χ0n) is 16.3. The summed E-state index contributed by atoms with van der Waals surface area (Å²) in [6.07, 6.45) is 8.26. The summed E-state index contributed by atoms with van der Waals surface area (Å²) < 4.78 is 11.5. The van der Waals surface area contributed by atoms with Crippen LogP contribution in [0.4, 0.5) is 0 Å². The summed E-state index contributed by atoms with van der Waals surface area (Å²) in [5.41, 5.74) is 2.43. The molecule has 1 aliphatic rings. The lowest BCUT2D eigenvalue weighted by Gasteiger charge is -2.16. The van der Waals surface area contributed by atoms with Crippen molar-refractivity contribution in [3.8, 4) is 22.8 Å². The Morgan fingerprint density at radius 3 is 2.72 bits per heavy atom. The van der Waals surface area contributed by atoms with Crippen molar-refractivity contribution >= 4 is 17.2 Å². The maximum atomic E-state index is 12.6. The molecule has 29 heavy (non-hydrogen) atoms. The first-order chi connectivity index (χ1) is 14.2. The molecule has 1 aromatic carbocycles. The molecule has 1 amide bonds. The summed E-state index contributed by atoms with van der Waals surface area (Å²) in [5.74, 6) is 1.10. The highest BCUT2D eigenvalue weighted by molar-refractivity contribution is 7.09. The van der Waals surface area contributed by atoms with Crippen molar-refractivity contribution in [2.24, 2.45) is 0 Å². The molecule has 150 valence electrons. The molecule has 0 unspecified atom stereocenters. The van der Waals surface area contributed by atoms with Gasteiger partial charge in [-0.25, -0.2) is 4.98 Å². The van der Waals surface area contributed by atoms with Crippen molar-refractivity contribution < 1.29 is 14.3 Å². The van der Waals surface area contributed by atoms with Crippen molar-refractivity contribution in [2.75, 3.05) is 7.11 Å². The quantitative estimate of drug-likeness (QED) is 0.623. The summed E-state index contributed by atoms with van der Waals surface area (Å²) in [7, 11) is 1.59. The molecule has 0 spiro atoms. The van der Waals surface area contributed by atoms with E-state index in [2.05, 4.69) is 15.3 Å². The minimum Gasteiger partial charge on any atom is -0.493 e. The Morgan fingerprint density at radius 1 is 1.17 bits per heavy atom. The van der Waals surface area contributed by atoms with E-state index in [1.165, 1.54) is 24.2 Å². The summed E-state index contributed by atoms with van der Waals surface area (Å²) in [4.78, 5) is 21.2. The van der Waals surface area contributed by atoms with E-state index in [1.807, 2.05) is 23.6 Å². The maximum Gasteiger partial charge on any atom is 0.251 e. The smallest absolute Gasteiger partial charge is 0.251 e. The second-order valence-corrected chi connectivity index (χ2v) is 7.88. The lowest BCUT2D eigenvalue weighted by atomic mass is 10.2. The van der Waals surface area contributed by atoms with E-state index < -0.39 is 0 Å². The number of aromatic nitrogens is 2. The largest absolute Gasteiger partial charge is 0.493 e. The standard InChI is InChI=1S/C22H23N3O3S/c1-27-20-12-16(6-7-19(20)28-17-4-2-3-5-17)22(26)24-13-21-25-18(14-29-21)15-8-10-23-11-9-15/h6-12,14,17H,2-5,13H2,1H3,(H,24,26). The van der Waals surface area contributed by atoms with Crippen molar-refractivity contribution in [1.82, 2.24) is 15.3 Å². The predicted octanol–water partition coefficient (Wildman–Crippen LogP) is 4.47. The first-order valence-corrected chi connectivity index (χ1v) is 10.6. The number of methoxy groups -OCH3 is 1. The molecule has 6 nitrogen and oxygen atoms in total. The Bertz CT molecular complexity index is 968. The first-order valence-electron chi connectivity index (χ1n) is 9.70. The predicted molar refractivity (Wildman–Crippen MR) is 112 cm³/mol. The third-order valence-electron chi connectivity index (χ3n) is 4.95. The first kappa shape index (κ1) is 19.4. The summed E-state index contributed by atoms with van der Waals surface area (Å²) in [5, 5.41) is 5.75. The van der Waals surface area contributed by atoms with Crippen LogP contribution in [-0.2, 0) is 6.54 Å². The molecule has 3 aromatic rings. The average molecular weight is 410 g/mol. The van der Waals surface area contributed by atoms with Gasteiger partial charge in [-0.1, -0.05) is 0 Å². The fraction of sp³-hybridized carbons (Fsp3) is 0.318. The second kappa shape index (κ2) is 9.05. The van der Waals surface area contributed by atoms with Gasteiger partial charge in [0, 0.05) is 28.9 Å². The SMILES string of the molecule is COc1cc(C(=O)NCc2nc(-c3ccncc3)cs2)ccc1OC1CCCC1. The topological polar surface area (TPSA) is 73.3 Å². The summed E-state index contributed by atoms with van der Waals surface area (Å²) in [6.45, 7) is 0.372. The number of hydrogen-bond acceptors (Lipinski definition) is 6. The van der Waals surface area contributed by atoms with Crippen LogP contribution in [0.25, 0.3) is 11.3 Å². The van der Waals surface area contributed by atoms with Crippen molar-refractivity contribution in [1.29, 1.82) is 0 Å². The molecule has 4 rings (SSSR count). The number of thiazole rings is 1. The molecule has 2 heterocycles. The van der Waals surface area contributed by atoms with Crippen LogP contribution < -0.4 is 14.8 Å². The molecule has 0 aliphatic heterocycles. The van der Waals surface area contributed by atoms with Crippen molar-refractivity contribution in [3.63, 3.8) is 0 Å². The van der Waals surface area contributed by atoms with Crippen LogP contribution in [0.5, 0.6) is 11.5 Å². The zero-order valence-corrected chi connectivity index (χ0v) is 17.1. The molecule has 2 aromatic heterocycles. The van der Waals surface area contributed by atoms with Gasteiger partial charge in [-0.3, -0.25) is 9.78 Å².